The first-order chi connectivity index (χ1) is 8.43. The van der Waals surface area contributed by atoms with Gasteiger partial charge in [0.25, 0.3) is 0 Å². The van der Waals surface area contributed by atoms with Crippen LogP contribution in [0.15, 0.2) is 12.1 Å². The molecule has 0 N–H and O–H groups in total. The molecule has 0 atom stereocenters. The van der Waals surface area contributed by atoms with Crippen LogP contribution in [-0.2, 0) is 0 Å². The minimum absolute atomic E-state index is 0.108. The molecule has 1 saturated heterocycles. The Kier molecular flexibility index (Phi) is 2.33. The first-order valence-electron chi connectivity index (χ1n) is 5.94. The molecule has 2 heterocycles. The third-order valence-corrected chi connectivity index (χ3v) is 4.08. The number of halogens is 2. The van der Waals surface area contributed by atoms with Gasteiger partial charge < -0.3 is 4.90 Å². The van der Waals surface area contributed by atoms with Crippen LogP contribution in [0.25, 0.3) is 0 Å². The van der Waals surface area contributed by atoms with Crippen LogP contribution in [0.2, 0.25) is 5.02 Å². The molecule has 0 aromatic carbocycles. The van der Waals surface area contributed by atoms with E-state index in [0.717, 1.165) is 13.1 Å². The monoisotopic (exact) mass is 265 g/mol. The van der Waals surface area contributed by atoms with Gasteiger partial charge in [-0.2, -0.15) is 5.26 Å². The largest absolute Gasteiger partial charge is 0.354 e. The molecular formula is C13H13ClFN3. The average Bonchev–Trinajstić information content (AvgIpc) is 2.23. The van der Waals surface area contributed by atoms with Gasteiger partial charge in [0.15, 0.2) is 0 Å². The number of nitriles is 1. The normalized spacial score (nSPS) is 23.1. The van der Waals surface area contributed by atoms with Gasteiger partial charge in [0.05, 0.1) is 5.02 Å². The fourth-order valence-corrected chi connectivity index (χ4v) is 3.59. The molecule has 1 aromatic heterocycles. The number of pyridine rings is 1. The molecule has 1 aliphatic carbocycles. The zero-order chi connectivity index (χ0) is 13.0. The molecule has 2 fully saturated rings. The van der Waals surface area contributed by atoms with Gasteiger partial charge in [-0.1, -0.05) is 11.6 Å². The first kappa shape index (κ1) is 11.7. The molecule has 1 aliphatic heterocycles. The van der Waals surface area contributed by atoms with E-state index in [1.54, 1.807) is 19.1 Å². The third-order valence-electron chi connectivity index (χ3n) is 3.78. The molecule has 3 rings (SSSR count). The van der Waals surface area contributed by atoms with Crippen molar-refractivity contribution in [1.29, 1.82) is 5.26 Å². The number of hydrogen-bond donors (Lipinski definition) is 0. The zero-order valence-corrected chi connectivity index (χ0v) is 10.8. The highest BCUT2D eigenvalue weighted by molar-refractivity contribution is 6.33. The van der Waals surface area contributed by atoms with E-state index in [1.165, 1.54) is 0 Å². The molecule has 2 aliphatic rings. The number of aromatic nitrogens is 1. The second-order valence-corrected chi connectivity index (χ2v) is 6.14. The summed E-state index contributed by atoms with van der Waals surface area (Å²) < 4.78 is 13.5. The minimum atomic E-state index is -1.00. The second kappa shape index (κ2) is 3.58. The van der Waals surface area contributed by atoms with Crippen molar-refractivity contribution in [3.63, 3.8) is 0 Å². The molecule has 94 valence electrons. The Bertz CT molecular complexity index is 534. The van der Waals surface area contributed by atoms with Crippen molar-refractivity contribution in [2.75, 3.05) is 18.0 Å². The van der Waals surface area contributed by atoms with E-state index in [0.29, 0.717) is 29.4 Å². The second-order valence-electron chi connectivity index (χ2n) is 5.74. The van der Waals surface area contributed by atoms with Gasteiger partial charge in [0, 0.05) is 18.5 Å². The topological polar surface area (TPSA) is 39.9 Å². The van der Waals surface area contributed by atoms with Crippen molar-refractivity contribution in [3.05, 3.63) is 22.8 Å². The van der Waals surface area contributed by atoms with Gasteiger partial charge in [-0.15, -0.1) is 0 Å². The SMILES string of the molecule is CC1(F)CC2(CN(c3nc(C#N)ccc3Cl)C2)C1. The first-order valence-corrected chi connectivity index (χ1v) is 6.31. The van der Waals surface area contributed by atoms with Crippen LogP contribution >= 0.6 is 11.6 Å². The highest BCUT2D eigenvalue weighted by Gasteiger charge is 2.58. The van der Waals surface area contributed by atoms with Crippen molar-refractivity contribution >= 4 is 17.4 Å². The average molecular weight is 266 g/mol. The quantitative estimate of drug-likeness (QED) is 0.784. The lowest BCUT2D eigenvalue weighted by molar-refractivity contribution is -0.0714. The maximum absolute atomic E-state index is 13.5. The van der Waals surface area contributed by atoms with Crippen LogP contribution in [-0.4, -0.2) is 23.7 Å². The Balaban J connectivity index is 1.74. The molecule has 1 spiro atoms. The van der Waals surface area contributed by atoms with Crippen molar-refractivity contribution in [1.82, 2.24) is 4.98 Å². The number of hydrogen-bond acceptors (Lipinski definition) is 3. The van der Waals surface area contributed by atoms with Gasteiger partial charge in [-0.05, 0) is 31.9 Å². The van der Waals surface area contributed by atoms with Crippen LogP contribution in [0.1, 0.15) is 25.5 Å². The van der Waals surface area contributed by atoms with Crippen LogP contribution in [0.3, 0.4) is 0 Å². The summed E-state index contributed by atoms with van der Waals surface area (Å²) in [5.74, 6) is 0.647. The highest BCUT2D eigenvalue weighted by atomic mass is 35.5. The maximum atomic E-state index is 13.5. The van der Waals surface area contributed by atoms with Gasteiger partial charge in [0.1, 0.15) is 23.2 Å². The zero-order valence-electron chi connectivity index (χ0n) is 10.1. The van der Waals surface area contributed by atoms with Crippen LogP contribution < -0.4 is 4.90 Å². The van der Waals surface area contributed by atoms with Crippen molar-refractivity contribution in [2.24, 2.45) is 5.41 Å². The minimum Gasteiger partial charge on any atom is -0.354 e. The van der Waals surface area contributed by atoms with E-state index >= 15 is 0 Å². The van der Waals surface area contributed by atoms with E-state index < -0.39 is 5.67 Å². The lowest BCUT2D eigenvalue weighted by Crippen LogP contribution is -2.66. The van der Waals surface area contributed by atoms with Gasteiger partial charge in [-0.25, -0.2) is 9.37 Å². The van der Waals surface area contributed by atoms with E-state index in [1.807, 2.05) is 11.0 Å². The van der Waals surface area contributed by atoms with Gasteiger partial charge in [0.2, 0.25) is 0 Å². The summed E-state index contributed by atoms with van der Waals surface area (Å²) in [4.78, 5) is 6.24. The summed E-state index contributed by atoms with van der Waals surface area (Å²) >= 11 is 6.08. The number of alkyl halides is 1. The summed E-state index contributed by atoms with van der Waals surface area (Å²) in [6.45, 7) is 3.23. The van der Waals surface area contributed by atoms with Gasteiger partial charge >= 0.3 is 0 Å². The number of rotatable bonds is 1. The molecule has 5 heteroatoms. The van der Waals surface area contributed by atoms with Gasteiger partial charge in [-0.3, -0.25) is 0 Å². The Labute approximate surface area is 110 Å². The lowest BCUT2D eigenvalue weighted by atomic mass is 9.57. The number of anilines is 1. The summed E-state index contributed by atoms with van der Waals surface area (Å²) in [5, 5.41) is 9.38. The Hall–Kier alpha value is -1.34. The van der Waals surface area contributed by atoms with Crippen LogP contribution in [0.4, 0.5) is 10.2 Å². The van der Waals surface area contributed by atoms with Crippen molar-refractivity contribution < 1.29 is 4.39 Å². The predicted molar refractivity (Wildman–Crippen MR) is 67.4 cm³/mol. The Morgan fingerprint density at radius 3 is 2.67 bits per heavy atom. The van der Waals surface area contributed by atoms with Crippen LogP contribution in [0, 0.1) is 16.7 Å². The molecule has 1 saturated carbocycles. The van der Waals surface area contributed by atoms with E-state index in [2.05, 4.69) is 4.98 Å². The molecule has 18 heavy (non-hydrogen) atoms. The fourth-order valence-electron chi connectivity index (χ4n) is 3.36. The molecule has 0 unspecified atom stereocenters. The molecule has 0 amide bonds. The summed E-state index contributed by atoms with van der Waals surface area (Å²) in [5.41, 5.74) is -0.533. The molecule has 0 bridgehead atoms. The lowest BCUT2D eigenvalue weighted by Gasteiger charge is -2.61. The van der Waals surface area contributed by atoms with Crippen LogP contribution in [0.5, 0.6) is 0 Å². The summed E-state index contributed by atoms with van der Waals surface area (Å²) in [6, 6.07) is 5.29. The maximum Gasteiger partial charge on any atom is 0.149 e. The Morgan fingerprint density at radius 1 is 1.44 bits per heavy atom. The van der Waals surface area contributed by atoms with E-state index in [9.17, 15) is 4.39 Å². The highest BCUT2D eigenvalue weighted by Crippen LogP contribution is 2.56. The van der Waals surface area contributed by atoms with Crippen molar-refractivity contribution in [2.45, 2.75) is 25.4 Å². The predicted octanol–water partition coefficient (Wildman–Crippen LogP) is 2.94. The molecule has 0 radical (unpaired) electrons. The van der Waals surface area contributed by atoms with Crippen molar-refractivity contribution in [3.8, 4) is 6.07 Å². The smallest absolute Gasteiger partial charge is 0.149 e. The standard InChI is InChI=1S/C13H13ClFN3/c1-12(15)5-13(6-12)7-18(8-13)11-10(14)3-2-9(4-16)17-11/h2-3H,5-8H2,1H3. The summed E-state index contributed by atoms with van der Waals surface area (Å²) in [6.07, 6.45) is 1.23. The Morgan fingerprint density at radius 2 is 2.11 bits per heavy atom. The molecule has 1 aromatic rings. The van der Waals surface area contributed by atoms with E-state index in [4.69, 9.17) is 16.9 Å². The molecule has 3 nitrogen and oxygen atoms in total. The number of nitrogens with zero attached hydrogens (tertiary/aromatic N) is 3. The molecular weight excluding hydrogens is 253 g/mol. The fraction of sp³-hybridized carbons (Fsp3) is 0.538. The van der Waals surface area contributed by atoms with E-state index in [-0.39, 0.29) is 5.41 Å². The third kappa shape index (κ3) is 1.74. The summed E-state index contributed by atoms with van der Waals surface area (Å²) in [7, 11) is 0.